The lowest BCUT2D eigenvalue weighted by molar-refractivity contribution is -0.0293. The number of ether oxygens (including phenoxy) is 1. The quantitative estimate of drug-likeness (QED) is 0.793. The van der Waals surface area contributed by atoms with E-state index in [1.165, 1.54) is 0 Å². The number of nitrogens with zero attached hydrogens (tertiary/aromatic N) is 1. The van der Waals surface area contributed by atoms with Crippen LogP contribution in [0.4, 0.5) is 0 Å². The first-order chi connectivity index (χ1) is 11.5. The Hall–Kier alpha value is -1.84. The van der Waals surface area contributed by atoms with E-state index in [0.717, 1.165) is 23.4 Å². The molecule has 2 rings (SSSR count). The van der Waals surface area contributed by atoms with Crippen molar-refractivity contribution in [3.05, 3.63) is 65.7 Å². The second-order valence-corrected chi connectivity index (χ2v) is 6.74. The molecule has 0 aliphatic carbocycles. The molecule has 3 nitrogen and oxygen atoms in total. The van der Waals surface area contributed by atoms with Crippen LogP contribution in [0.15, 0.2) is 54.6 Å². The lowest BCUT2D eigenvalue weighted by atomic mass is 9.80. The summed E-state index contributed by atoms with van der Waals surface area (Å²) in [6, 6.07) is 18.0. The van der Waals surface area contributed by atoms with Gasteiger partial charge in [-0.3, -0.25) is 0 Å². The van der Waals surface area contributed by atoms with Gasteiger partial charge in [0.25, 0.3) is 0 Å². The Balaban J connectivity index is 2.15. The maximum atomic E-state index is 11.2. The summed E-state index contributed by atoms with van der Waals surface area (Å²) in [5.74, 6) is 0.919. The predicted octanol–water partition coefficient (Wildman–Crippen LogP) is 4.06. The standard InChI is InChI=1S/C21H29NO2/c1-5-21(23,17(2)15-22(3)4)19-12-9-13-20(14-19)24-16-18-10-7-6-8-11-18/h6-14,17,23H,5,15-16H2,1-4H3/t17-,21?/m1/s1. The van der Waals surface area contributed by atoms with Crippen molar-refractivity contribution in [2.24, 2.45) is 5.92 Å². The van der Waals surface area contributed by atoms with Crippen molar-refractivity contribution in [1.29, 1.82) is 0 Å². The monoisotopic (exact) mass is 327 g/mol. The summed E-state index contributed by atoms with van der Waals surface area (Å²) in [6.45, 7) is 5.49. The average Bonchev–Trinajstić information content (AvgIpc) is 2.59. The maximum absolute atomic E-state index is 11.2. The highest BCUT2D eigenvalue weighted by molar-refractivity contribution is 5.33. The second kappa shape index (κ2) is 8.32. The molecule has 0 aliphatic heterocycles. The summed E-state index contributed by atoms with van der Waals surface area (Å²) in [4.78, 5) is 2.11. The normalized spacial score (nSPS) is 15.1. The van der Waals surface area contributed by atoms with Gasteiger partial charge in [0.1, 0.15) is 12.4 Å². The number of aliphatic hydroxyl groups is 1. The molecule has 1 N–H and O–H groups in total. The van der Waals surface area contributed by atoms with Gasteiger partial charge in [-0.25, -0.2) is 0 Å². The molecule has 0 amide bonds. The van der Waals surface area contributed by atoms with E-state index in [-0.39, 0.29) is 5.92 Å². The van der Waals surface area contributed by atoms with E-state index in [2.05, 4.69) is 11.8 Å². The van der Waals surface area contributed by atoms with Crippen LogP contribution in [-0.4, -0.2) is 30.6 Å². The highest BCUT2D eigenvalue weighted by atomic mass is 16.5. The highest BCUT2D eigenvalue weighted by Gasteiger charge is 2.34. The van der Waals surface area contributed by atoms with E-state index >= 15 is 0 Å². The van der Waals surface area contributed by atoms with Gasteiger partial charge in [0.2, 0.25) is 0 Å². The Kier molecular flexibility index (Phi) is 6.41. The molecule has 2 atom stereocenters. The van der Waals surface area contributed by atoms with Gasteiger partial charge in [-0.05, 0) is 43.8 Å². The maximum Gasteiger partial charge on any atom is 0.120 e. The zero-order valence-electron chi connectivity index (χ0n) is 15.2. The highest BCUT2D eigenvalue weighted by Crippen LogP contribution is 2.35. The van der Waals surface area contributed by atoms with Crippen LogP contribution >= 0.6 is 0 Å². The molecule has 1 unspecified atom stereocenters. The predicted molar refractivity (Wildman–Crippen MR) is 99.1 cm³/mol. The van der Waals surface area contributed by atoms with Crippen LogP contribution in [0.2, 0.25) is 0 Å². The SMILES string of the molecule is CCC(O)(c1cccc(OCc2ccccc2)c1)[C@H](C)CN(C)C. The van der Waals surface area contributed by atoms with E-state index in [0.29, 0.717) is 13.0 Å². The summed E-state index contributed by atoms with van der Waals surface area (Å²) in [5, 5.41) is 11.2. The molecule has 130 valence electrons. The van der Waals surface area contributed by atoms with Crippen LogP contribution < -0.4 is 4.74 Å². The summed E-state index contributed by atoms with van der Waals surface area (Å²) in [6.07, 6.45) is 0.671. The lowest BCUT2D eigenvalue weighted by Crippen LogP contribution is -2.38. The molecule has 2 aromatic rings. The van der Waals surface area contributed by atoms with Gasteiger partial charge in [0, 0.05) is 12.5 Å². The minimum absolute atomic E-state index is 0.127. The molecule has 0 fully saturated rings. The van der Waals surface area contributed by atoms with Crippen molar-refractivity contribution in [1.82, 2.24) is 4.90 Å². The average molecular weight is 327 g/mol. The Labute approximate surface area is 145 Å². The van der Waals surface area contributed by atoms with Gasteiger partial charge in [0.05, 0.1) is 5.60 Å². The van der Waals surface area contributed by atoms with Crippen LogP contribution in [0.3, 0.4) is 0 Å². The second-order valence-electron chi connectivity index (χ2n) is 6.74. The molecular weight excluding hydrogens is 298 g/mol. The first-order valence-corrected chi connectivity index (χ1v) is 8.60. The summed E-state index contributed by atoms with van der Waals surface area (Å²) in [7, 11) is 4.07. The molecule has 0 saturated heterocycles. The zero-order chi connectivity index (χ0) is 17.6. The molecule has 0 aliphatic rings. The molecule has 0 heterocycles. The lowest BCUT2D eigenvalue weighted by Gasteiger charge is -2.35. The molecular formula is C21H29NO2. The molecule has 0 bridgehead atoms. The van der Waals surface area contributed by atoms with Gasteiger partial charge in [-0.15, -0.1) is 0 Å². The van der Waals surface area contributed by atoms with Gasteiger partial charge in [0.15, 0.2) is 0 Å². The van der Waals surface area contributed by atoms with E-state index < -0.39 is 5.60 Å². The number of rotatable bonds is 8. The molecule has 0 aromatic heterocycles. The third-order valence-corrected chi connectivity index (χ3v) is 4.58. The third kappa shape index (κ3) is 4.59. The van der Waals surface area contributed by atoms with Crippen molar-refractivity contribution in [3.8, 4) is 5.75 Å². The molecule has 0 saturated carbocycles. The van der Waals surface area contributed by atoms with Gasteiger partial charge in [-0.2, -0.15) is 0 Å². The topological polar surface area (TPSA) is 32.7 Å². The van der Waals surface area contributed by atoms with E-state index in [9.17, 15) is 5.11 Å². The Morgan fingerprint density at radius 3 is 2.42 bits per heavy atom. The van der Waals surface area contributed by atoms with Crippen molar-refractivity contribution in [2.75, 3.05) is 20.6 Å². The third-order valence-electron chi connectivity index (χ3n) is 4.58. The van der Waals surface area contributed by atoms with Crippen LogP contribution in [0.5, 0.6) is 5.75 Å². The largest absolute Gasteiger partial charge is 0.489 e. The van der Waals surface area contributed by atoms with Crippen LogP contribution in [-0.2, 0) is 12.2 Å². The van der Waals surface area contributed by atoms with E-state index in [4.69, 9.17) is 4.74 Å². The van der Waals surface area contributed by atoms with E-state index in [1.807, 2.05) is 75.6 Å². The van der Waals surface area contributed by atoms with Gasteiger partial charge in [-0.1, -0.05) is 56.3 Å². The minimum atomic E-state index is -0.851. The van der Waals surface area contributed by atoms with Crippen LogP contribution in [0, 0.1) is 5.92 Å². The Morgan fingerprint density at radius 2 is 1.79 bits per heavy atom. The Bertz CT molecular complexity index is 627. The summed E-state index contributed by atoms with van der Waals surface area (Å²) < 4.78 is 5.91. The fourth-order valence-electron chi connectivity index (χ4n) is 3.13. The van der Waals surface area contributed by atoms with Crippen LogP contribution in [0.25, 0.3) is 0 Å². The fourth-order valence-corrected chi connectivity index (χ4v) is 3.13. The van der Waals surface area contributed by atoms with Gasteiger partial charge >= 0.3 is 0 Å². The summed E-state index contributed by atoms with van der Waals surface area (Å²) >= 11 is 0. The van der Waals surface area contributed by atoms with E-state index in [1.54, 1.807) is 0 Å². The molecule has 2 aromatic carbocycles. The summed E-state index contributed by atoms with van der Waals surface area (Å²) in [5.41, 5.74) is 1.20. The van der Waals surface area contributed by atoms with Crippen molar-refractivity contribution in [2.45, 2.75) is 32.5 Å². The smallest absolute Gasteiger partial charge is 0.120 e. The van der Waals surface area contributed by atoms with Crippen molar-refractivity contribution >= 4 is 0 Å². The van der Waals surface area contributed by atoms with Crippen LogP contribution in [0.1, 0.15) is 31.4 Å². The number of hydrogen-bond acceptors (Lipinski definition) is 3. The Morgan fingerprint density at radius 1 is 1.08 bits per heavy atom. The molecule has 24 heavy (non-hydrogen) atoms. The first kappa shape index (κ1) is 18.5. The molecule has 0 spiro atoms. The number of hydrogen-bond donors (Lipinski definition) is 1. The fraction of sp³-hybridized carbons (Fsp3) is 0.429. The number of benzene rings is 2. The molecule has 0 radical (unpaired) electrons. The minimum Gasteiger partial charge on any atom is -0.489 e. The molecule has 3 heteroatoms. The van der Waals surface area contributed by atoms with Crippen molar-refractivity contribution < 1.29 is 9.84 Å². The zero-order valence-corrected chi connectivity index (χ0v) is 15.2. The first-order valence-electron chi connectivity index (χ1n) is 8.60. The van der Waals surface area contributed by atoms with Gasteiger partial charge < -0.3 is 14.7 Å². The van der Waals surface area contributed by atoms with Crippen molar-refractivity contribution in [3.63, 3.8) is 0 Å².